The molecule has 30 heavy (non-hydrogen) atoms. The minimum Gasteiger partial charge on any atom is -0.476 e. The van der Waals surface area contributed by atoms with Crippen LogP contribution in [0.15, 0.2) is 48.5 Å². The van der Waals surface area contributed by atoms with Crippen molar-refractivity contribution in [1.82, 2.24) is 15.0 Å². The van der Waals surface area contributed by atoms with Crippen molar-refractivity contribution in [1.29, 1.82) is 0 Å². The first-order chi connectivity index (χ1) is 13.9. The number of carboxylic acid groups (broad SMARTS) is 1. The molecule has 0 fully saturated rings. The van der Waals surface area contributed by atoms with Gasteiger partial charge < -0.3 is 9.84 Å². The third-order valence-corrected chi connectivity index (χ3v) is 3.83. The molecule has 3 aromatic rings. The van der Waals surface area contributed by atoms with Gasteiger partial charge in [0.25, 0.3) is 5.88 Å². The van der Waals surface area contributed by atoms with Crippen molar-refractivity contribution in [2.45, 2.75) is 18.9 Å². The monoisotopic (exact) mass is 431 g/mol. The van der Waals surface area contributed by atoms with E-state index >= 15 is 0 Å². The van der Waals surface area contributed by atoms with Crippen molar-refractivity contribution >= 4 is 5.97 Å². The van der Waals surface area contributed by atoms with Crippen LogP contribution in [0, 0.1) is 0 Å². The predicted molar refractivity (Wildman–Crippen MR) is 89.0 cm³/mol. The maximum atomic E-state index is 13.0. The summed E-state index contributed by atoms with van der Waals surface area (Å²) in [7, 11) is 0. The quantitative estimate of drug-likeness (QED) is 0.585. The minimum absolute atomic E-state index is 0.00506. The molecule has 0 saturated carbocycles. The zero-order chi connectivity index (χ0) is 22.1. The van der Waals surface area contributed by atoms with E-state index < -0.39 is 53.1 Å². The van der Waals surface area contributed by atoms with Crippen LogP contribution >= 0.6 is 0 Å². The van der Waals surface area contributed by atoms with Crippen LogP contribution in [0.1, 0.15) is 27.2 Å². The van der Waals surface area contributed by atoms with Crippen LogP contribution in [0.2, 0.25) is 0 Å². The van der Waals surface area contributed by atoms with E-state index in [9.17, 15) is 36.2 Å². The number of hydrogen-bond donors (Lipinski definition) is 1. The van der Waals surface area contributed by atoms with E-state index in [4.69, 9.17) is 4.74 Å². The summed E-state index contributed by atoms with van der Waals surface area (Å²) < 4.78 is 84.5. The molecule has 0 bridgehead atoms. The third-order valence-electron chi connectivity index (χ3n) is 3.83. The first-order valence-corrected chi connectivity index (χ1v) is 8.13. The van der Waals surface area contributed by atoms with E-state index in [-0.39, 0.29) is 11.8 Å². The van der Waals surface area contributed by atoms with E-state index in [2.05, 4.69) is 10.3 Å². The zero-order valence-electron chi connectivity index (χ0n) is 14.7. The normalized spacial score (nSPS) is 12.1. The van der Waals surface area contributed by atoms with Gasteiger partial charge in [0.2, 0.25) is 5.69 Å². The number of para-hydroxylation sites is 1. The fourth-order valence-electron chi connectivity index (χ4n) is 2.53. The second-order valence-electron chi connectivity index (χ2n) is 6.04. The number of hydrogen-bond acceptors (Lipinski definition) is 4. The minimum atomic E-state index is -5.02. The summed E-state index contributed by atoms with van der Waals surface area (Å²) in [4.78, 5) is 11.4. The van der Waals surface area contributed by atoms with Gasteiger partial charge in [-0.25, -0.2) is 9.48 Å². The van der Waals surface area contributed by atoms with Gasteiger partial charge in [-0.3, -0.25) is 0 Å². The van der Waals surface area contributed by atoms with Crippen LogP contribution in [0.25, 0.3) is 0 Å². The van der Waals surface area contributed by atoms with Crippen LogP contribution in [-0.2, 0) is 18.9 Å². The lowest BCUT2D eigenvalue weighted by molar-refractivity contribution is -0.143. The summed E-state index contributed by atoms with van der Waals surface area (Å²) in [6, 6.07) is 8.77. The van der Waals surface area contributed by atoms with Crippen molar-refractivity contribution in [3.8, 4) is 11.6 Å². The lowest BCUT2D eigenvalue weighted by atomic mass is 10.0. The maximum absolute atomic E-state index is 13.0. The fraction of sp³-hybridized carbons (Fsp3) is 0.167. The van der Waals surface area contributed by atoms with E-state index in [1.165, 1.54) is 12.1 Å². The average Bonchev–Trinajstić information content (AvgIpc) is 3.03. The van der Waals surface area contributed by atoms with E-state index in [1.54, 1.807) is 18.2 Å². The highest BCUT2D eigenvalue weighted by Crippen LogP contribution is 2.36. The van der Waals surface area contributed by atoms with Gasteiger partial charge in [0.1, 0.15) is 5.75 Å². The van der Waals surface area contributed by atoms with Crippen LogP contribution < -0.4 is 4.74 Å². The molecule has 0 saturated heterocycles. The van der Waals surface area contributed by atoms with Crippen molar-refractivity contribution in [2.75, 3.05) is 0 Å². The molecule has 3 rings (SSSR count). The van der Waals surface area contributed by atoms with Crippen LogP contribution in [-0.4, -0.2) is 26.1 Å². The average molecular weight is 431 g/mol. The first kappa shape index (κ1) is 21.1. The summed E-state index contributed by atoms with van der Waals surface area (Å²) in [6.07, 6.45) is -10.0. The summed E-state index contributed by atoms with van der Waals surface area (Å²) in [5.41, 5.74) is -4.08. The summed E-state index contributed by atoms with van der Waals surface area (Å²) in [5.74, 6) is -1.81. The predicted octanol–water partition coefficient (Wildman–Crippen LogP) is 4.85. The number of benzene rings is 2. The van der Waals surface area contributed by atoms with Crippen LogP contribution in [0.4, 0.5) is 26.3 Å². The number of alkyl halides is 6. The molecule has 12 heteroatoms. The maximum Gasteiger partial charge on any atom is 0.416 e. The lowest BCUT2D eigenvalue weighted by Crippen LogP contribution is -2.13. The second kappa shape index (κ2) is 7.69. The molecule has 1 heterocycles. The second-order valence-corrected chi connectivity index (χ2v) is 6.04. The van der Waals surface area contributed by atoms with E-state index in [0.717, 1.165) is 4.68 Å². The van der Waals surface area contributed by atoms with E-state index in [1.807, 2.05) is 0 Å². The molecule has 0 amide bonds. The Bertz CT molecular complexity index is 1030. The molecule has 0 aliphatic rings. The molecule has 158 valence electrons. The molecule has 0 aliphatic carbocycles. The first-order valence-electron chi connectivity index (χ1n) is 8.13. The van der Waals surface area contributed by atoms with Crippen molar-refractivity contribution in [2.24, 2.45) is 0 Å². The Labute approximate surface area is 164 Å². The van der Waals surface area contributed by atoms with Crippen molar-refractivity contribution in [3.63, 3.8) is 0 Å². The third kappa shape index (κ3) is 4.70. The highest BCUT2D eigenvalue weighted by Gasteiger charge is 2.37. The standard InChI is InChI=1S/C18H11F6N3O3/c19-17(20,21)11-6-10(7-12(8-11)18(22,23)24)9-27-15(14(16(28)29)25-26-27)30-13-4-2-1-3-5-13/h1-8H,9H2,(H,28,29). The summed E-state index contributed by atoms with van der Waals surface area (Å²) in [6.45, 7) is -0.643. The topological polar surface area (TPSA) is 77.2 Å². The largest absolute Gasteiger partial charge is 0.476 e. The highest BCUT2D eigenvalue weighted by atomic mass is 19.4. The summed E-state index contributed by atoms with van der Waals surface area (Å²) >= 11 is 0. The number of aromatic carboxylic acids is 1. The SMILES string of the molecule is O=C(O)c1nnn(Cc2cc(C(F)(F)F)cc(C(F)(F)F)c2)c1Oc1ccccc1. The van der Waals surface area contributed by atoms with Gasteiger partial charge in [-0.05, 0) is 35.9 Å². The number of rotatable bonds is 5. The molecule has 6 nitrogen and oxygen atoms in total. The van der Waals surface area contributed by atoms with Crippen LogP contribution in [0.5, 0.6) is 11.6 Å². The molecule has 2 aromatic carbocycles. The van der Waals surface area contributed by atoms with Gasteiger partial charge >= 0.3 is 18.3 Å². The van der Waals surface area contributed by atoms with E-state index in [0.29, 0.717) is 12.1 Å². The fourth-order valence-corrected chi connectivity index (χ4v) is 2.53. The Balaban J connectivity index is 2.05. The van der Waals surface area contributed by atoms with Crippen LogP contribution in [0.3, 0.4) is 0 Å². The summed E-state index contributed by atoms with van der Waals surface area (Å²) in [5, 5.41) is 16.1. The number of aromatic nitrogens is 3. The number of carbonyl (C=O) groups is 1. The zero-order valence-corrected chi connectivity index (χ0v) is 14.7. The van der Waals surface area contributed by atoms with Gasteiger partial charge in [-0.15, -0.1) is 5.10 Å². The van der Waals surface area contributed by atoms with Gasteiger partial charge in [0.05, 0.1) is 17.7 Å². The Hall–Kier alpha value is -3.57. The molecular formula is C18H11F6N3O3. The van der Waals surface area contributed by atoms with Gasteiger partial charge in [-0.1, -0.05) is 23.4 Å². The molecule has 0 radical (unpaired) electrons. The molecule has 1 aromatic heterocycles. The Morgan fingerprint density at radius 2 is 1.53 bits per heavy atom. The van der Waals surface area contributed by atoms with Gasteiger partial charge in [-0.2, -0.15) is 26.3 Å². The lowest BCUT2D eigenvalue weighted by Gasteiger charge is -2.15. The molecule has 0 spiro atoms. The molecular weight excluding hydrogens is 420 g/mol. The number of ether oxygens (including phenoxy) is 1. The Morgan fingerprint density at radius 3 is 2.03 bits per heavy atom. The number of carboxylic acids is 1. The smallest absolute Gasteiger partial charge is 0.416 e. The highest BCUT2D eigenvalue weighted by molar-refractivity contribution is 5.87. The molecule has 1 N–H and O–H groups in total. The van der Waals surface area contributed by atoms with Gasteiger partial charge in [0, 0.05) is 0 Å². The van der Waals surface area contributed by atoms with Gasteiger partial charge in [0.15, 0.2) is 0 Å². The molecule has 0 atom stereocenters. The van der Waals surface area contributed by atoms with Crippen molar-refractivity contribution in [3.05, 3.63) is 70.9 Å². The Kier molecular flexibility index (Phi) is 5.42. The number of halogens is 6. The Morgan fingerprint density at radius 1 is 0.967 bits per heavy atom. The number of nitrogens with zero attached hydrogens (tertiary/aromatic N) is 3. The molecule has 0 unspecified atom stereocenters. The molecule has 0 aliphatic heterocycles. The van der Waals surface area contributed by atoms with Crippen molar-refractivity contribution < 1.29 is 41.0 Å².